The van der Waals surface area contributed by atoms with E-state index in [9.17, 15) is 0 Å². The molecule has 4 heteroatoms. The van der Waals surface area contributed by atoms with Gasteiger partial charge in [-0.15, -0.1) is 0 Å². The molecule has 0 radical (unpaired) electrons. The predicted molar refractivity (Wildman–Crippen MR) is 202 cm³/mol. The maximum absolute atomic E-state index is 15.9. The smallest absolute Gasteiger partial charge is 0.175 e. The van der Waals surface area contributed by atoms with Gasteiger partial charge in [-0.05, 0) is 91.8 Å². The van der Waals surface area contributed by atoms with Gasteiger partial charge in [0.05, 0.1) is 16.7 Å². The van der Waals surface area contributed by atoms with Gasteiger partial charge in [-0.1, -0.05) is 127 Å². The van der Waals surface area contributed by atoms with Crippen LogP contribution in [0, 0.1) is 6.92 Å². The first-order chi connectivity index (χ1) is 23.6. The van der Waals surface area contributed by atoms with Crippen LogP contribution >= 0.6 is 7.14 Å². The van der Waals surface area contributed by atoms with Crippen molar-refractivity contribution >= 4 is 66.4 Å². The summed E-state index contributed by atoms with van der Waals surface area (Å²) < 4.78 is 18.1. The van der Waals surface area contributed by atoms with Crippen molar-refractivity contribution < 1.29 is 4.57 Å². The average Bonchev–Trinajstić information content (AvgIpc) is 3.49. The lowest BCUT2D eigenvalue weighted by Gasteiger charge is -2.29. The van der Waals surface area contributed by atoms with Gasteiger partial charge in [0.25, 0.3) is 0 Å². The zero-order chi connectivity index (χ0) is 32.0. The van der Waals surface area contributed by atoms with Crippen molar-refractivity contribution in [2.24, 2.45) is 0 Å². The summed E-state index contributed by atoms with van der Waals surface area (Å²) in [4.78, 5) is 4.90. The molecule has 1 atom stereocenters. The number of aryl methyl sites for hydroxylation is 1. The molecule has 0 amide bonds. The minimum atomic E-state index is -3.26. The van der Waals surface area contributed by atoms with Gasteiger partial charge in [-0.2, -0.15) is 0 Å². The Kier molecular flexibility index (Phi) is 5.77. The van der Waals surface area contributed by atoms with Crippen molar-refractivity contribution in [2.75, 3.05) is 0 Å². The Morgan fingerprint density at radius 2 is 1.10 bits per heavy atom. The molecule has 3 nitrogen and oxygen atoms in total. The lowest BCUT2D eigenvalue weighted by atomic mass is 9.85. The average molecular weight is 633 g/mol. The van der Waals surface area contributed by atoms with Gasteiger partial charge in [0, 0.05) is 15.9 Å². The number of rotatable bonds is 3. The highest BCUT2D eigenvalue weighted by Gasteiger charge is 2.39. The fraction of sp³-hybridized carbons (Fsp3) is 0.0227. The lowest BCUT2D eigenvalue weighted by Crippen LogP contribution is -2.33. The van der Waals surface area contributed by atoms with Gasteiger partial charge in [0.1, 0.15) is 5.82 Å². The molecule has 0 bridgehead atoms. The Bertz CT molecular complexity index is 2770. The van der Waals surface area contributed by atoms with Crippen LogP contribution in [0.4, 0.5) is 0 Å². The highest BCUT2D eigenvalue weighted by atomic mass is 31.2. The molecule has 1 unspecified atom stereocenters. The van der Waals surface area contributed by atoms with Crippen LogP contribution in [0.5, 0.6) is 0 Å². The van der Waals surface area contributed by atoms with E-state index in [1.807, 2.05) is 55.5 Å². The van der Waals surface area contributed by atoms with Crippen molar-refractivity contribution in [3.63, 3.8) is 0 Å². The molecule has 0 fully saturated rings. The second-order valence-electron chi connectivity index (χ2n) is 12.7. The van der Waals surface area contributed by atoms with E-state index < -0.39 is 7.14 Å². The van der Waals surface area contributed by atoms with Crippen LogP contribution in [0.15, 0.2) is 158 Å². The normalized spacial score (nSPS) is 15.4. The number of para-hydroxylation sites is 1. The molecular formula is C44H29N2OP. The Morgan fingerprint density at radius 1 is 0.521 bits per heavy atom. The summed E-state index contributed by atoms with van der Waals surface area (Å²) in [5, 5.41) is 9.72. The quantitative estimate of drug-likeness (QED) is 0.144. The van der Waals surface area contributed by atoms with Crippen LogP contribution < -0.4 is 15.9 Å². The van der Waals surface area contributed by atoms with Crippen LogP contribution in [0.1, 0.15) is 5.82 Å². The molecule has 226 valence electrons. The number of imidazole rings is 1. The molecule has 0 aliphatic carbocycles. The standard InChI is InChI=1S/C44H29N2OP/c1-28-45-38-20-11-21-40-44(38)46(28)39-25-24-32(27-41(39)48(40,47)33-14-3-2-4-15-33)43-36-18-9-7-16-34(36)42(35-17-8-10-19-37(35)43)31-23-22-29-12-5-6-13-30(29)26-31/h2-27H,1H3. The second-order valence-corrected chi connectivity index (χ2v) is 15.4. The van der Waals surface area contributed by atoms with Crippen molar-refractivity contribution in [3.8, 4) is 27.9 Å². The van der Waals surface area contributed by atoms with Crippen molar-refractivity contribution in [1.29, 1.82) is 0 Å². The van der Waals surface area contributed by atoms with Gasteiger partial charge in [0.15, 0.2) is 7.14 Å². The summed E-state index contributed by atoms with van der Waals surface area (Å²) in [5.74, 6) is 0.890. The van der Waals surface area contributed by atoms with E-state index >= 15 is 4.57 Å². The zero-order valence-corrected chi connectivity index (χ0v) is 27.2. The van der Waals surface area contributed by atoms with Crippen molar-refractivity contribution in [1.82, 2.24) is 9.55 Å². The molecular weight excluding hydrogens is 603 g/mol. The summed E-state index contributed by atoms with van der Waals surface area (Å²) in [5.41, 5.74) is 7.38. The van der Waals surface area contributed by atoms with E-state index in [1.165, 1.54) is 43.4 Å². The lowest BCUT2D eigenvalue weighted by molar-refractivity contribution is 0.592. The third-order valence-corrected chi connectivity index (χ3v) is 13.2. The highest BCUT2D eigenvalue weighted by Crippen LogP contribution is 2.51. The van der Waals surface area contributed by atoms with E-state index in [2.05, 4.69) is 114 Å². The van der Waals surface area contributed by atoms with Crippen LogP contribution in [0.2, 0.25) is 0 Å². The number of hydrogen-bond donors (Lipinski definition) is 0. The van der Waals surface area contributed by atoms with Gasteiger partial charge < -0.3 is 4.57 Å². The van der Waals surface area contributed by atoms with E-state index in [4.69, 9.17) is 4.98 Å². The Labute approximate surface area is 278 Å². The molecule has 0 saturated heterocycles. The molecule has 1 aromatic heterocycles. The molecule has 1 aliphatic heterocycles. The van der Waals surface area contributed by atoms with Crippen LogP contribution in [-0.2, 0) is 4.57 Å². The molecule has 2 heterocycles. The molecule has 1 aliphatic rings. The number of nitrogens with zero attached hydrogens (tertiary/aromatic N) is 2. The third-order valence-electron chi connectivity index (χ3n) is 10.1. The highest BCUT2D eigenvalue weighted by molar-refractivity contribution is 7.86. The molecule has 48 heavy (non-hydrogen) atoms. The topological polar surface area (TPSA) is 34.9 Å². The number of hydrogen-bond acceptors (Lipinski definition) is 2. The molecule has 10 rings (SSSR count). The van der Waals surface area contributed by atoms with E-state index in [0.717, 1.165) is 49.6 Å². The zero-order valence-electron chi connectivity index (χ0n) is 26.3. The summed E-state index contributed by atoms with van der Waals surface area (Å²) in [6, 6.07) is 55.4. The molecule has 0 N–H and O–H groups in total. The van der Waals surface area contributed by atoms with Gasteiger partial charge in [0.2, 0.25) is 0 Å². The first-order valence-electron chi connectivity index (χ1n) is 16.3. The number of aromatic nitrogens is 2. The van der Waals surface area contributed by atoms with Gasteiger partial charge in [-0.25, -0.2) is 4.98 Å². The maximum atomic E-state index is 15.9. The second kappa shape index (κ2) is 10.1. The molecule has 0 saturated carbocycles. The monoisotopic (exact) mass is 632 g/mol. The van der Waals surface area contributed by atoms with Crippen molar-refractivity contribution in [2.45, 2.75) is 6.92 Å². The fourth-order valence-corrected chi connectivity index (χ4v) is 11.1. The summed E-state index contributed by atoms with van der Waals surface area (Å²) in [7, 11) is -3.26. The Hall–Kier alpha value is -5.76. The fourth-order valence-electron chi connectivity index (χ4n) is 8.04. The first-order valence-corrected chi connectivity index (χ1v) is 18.0. The predicted octanol–water partition coefficient (Wildman–Crippen LogP) is 10.1. The minimum Gasteiger partial charge on any atom is -0.308 e. The van der Waals surface area contributed by atoms with Crippen LogP contribution in [0.3, 0.4) is 0 Å². The Morgan fingerprint density at radius 3 is 1.79 bits per heavy atom. The van der Waals surface area contributed by atoms with Crippen LogP contribution in [0.25, 0.3) is 71.3 Å². The van der Waals surface area contributed by atoms with E-state index in [1.54, 1.807) is 0 Å². The SMILES string of the molecule is Cc1nc2cccc3c2n1-c1ccc(-c2c4ccccc4c(-c4ccc5ccccc5c4)c4ccccc24)cc1P3(=O)c1ccccc1. The van der Waals surface area contributed by atoms with Crippen molar-refractivity contribution in [3.05, 3.63) is 164 Å². The summed E-state index contributed by atoms with van der Waals surface area (Å²) in [6.07, 6.45) is 0. The minimum absolute atomic E-state index is 0.836. The number of benzene rings is 8. The summed E-state index contributed by atoms with van der Waals surface area (Å²) in [6.45, 7) is 2.03. The summed E-state index contributed by atoms with van der Waals surface area (Å²) >= 11 is 0. The number of fused-ring (bicyclic) bond motifs is 5. The van der Waals surface area contributed by atoms with Gasteiger partial charge in [-0.3, -0.25) is 4.57 Å². The largest absolute Gasteiger partial charge is 0.308 e. The first kappa shape index (κ1) is 27.4. The van der Waals surface area contributed by atoms with Crippen LogP contribution in [-0.4, -0.2) is 9.55 Å². The maximum Gasteiger partial charge on any atom is 0.175 e. The molecule has 9 aromatic rings. The van der Waals surface area contributed by atoms with Gasteiger partial charge >= 0.3 is 0 Å². The Balaban J connectivity index is 1.30. The third kappa shape index (κ3) is 3.71. The van der Waals surface area contributed by atoms with E-state index in [-0.39, 0.29) is 0 Å². The molecule has 8 aromatic carbocycles. The van der Waals surface area contributed by atoms with E-state index in [0.29, 0.717) is 0 Å². The molecule has 0 spiro atoms.